The third-order valence-corrected chi connectivity index (χ3v) is 6.32. The lowest BCUT2D eigenvalue weighted by Crippen LogP contribution is -2.25. The van der Waals surface area contributed by atoms with Crippen molar-refractivity contribution < 1.29 is 9.53 Å². The number of aryl methyl sites for hydroxylation is 2. The van der Waals surface area contributed by atoms with Gasteiger partial charge in [-0.05, 0) is 55.5 Å². The van der Waals surface area contributed by atoms with Crippen LogP contribution in [0.15, 0.2) is 24.3 Å². The second-order valence-electron chi connectivity index (χ2n) is 6.08. The maximum absolute atomic E-state index is 12.0. The molecule has 0 unspecified atom stereocenters. The van der Waals surface area contributed by atoms with Crippen LogP contribution in [-0.4, -0.2) is 13.1 Å². The SMILES string of the molecule is C#Cc1ccc(C(CC)(CC)c2cc(C)c(C(=O)OC)s2)cc1C. The van der Waals surface area contributed by atoms with Crippen molar-refractivity contribution in [3.63, 3.8) is 0 Å². The highest BCUT2D eigenvalue weighted by atomic mass is 32.1. The van der Waals surface area contributed by atoms with Gasteiger partial charge in [0.05, 0.1) is 7.11 Å². The molecule has 1 aromatic carbocycles. The van der Waals surface area contributed by atoms with Gasteiger partial charge in [-0.25, -0.2) is 4.79 Å². The van der Waals surface area contributed by atoms with Crippen molar-refractivity contribution in [1.29, 1.82) is 0 Å². The second-order valence-corrected chi connectivity index (χ2v) is 7.13. The zero-order valence-electron chi connectivity index (χ0n) is 15.0. The Morgan fingerprint density at radius 3 is 2.38 bits per heavy atom. The zero-order chi connectivity index (χ0) is 17.9. The Kier molecular flexibility index (Phi) is 5.51. The van der Waals surface area contributed by atoms with Gasteiger partial charge in [0.15, 0.2) is 0 Å². The van der Waals surface area contributed by atoms with E-state index in [-0.39, 0.29) is 11.4 Å². The van der Waals surface area contributed by atoms with Crippen molar-refractivity contribution >= 4 is 17.3 Å². The van der Waals surface area contributed by atoms with E-state index in [1.807, 2.05) is 19.9 Å². The summed E-state index contributed by atoms with van der Waals surface area (Å²) in [5, 5.41) is 0. The van der Waals surface area contributed by atoms with E-state index in [0.29, 0.717) is 4.88 Å². The van der Waals surface area contributed by atoms with Gasteiger partial charge in [-0.1, -0.05) is 31.9 Å². The summed E-state index contributed by atoms with van der Waals surface area (Å²) in [6.07, 6.45) is 7.47. The fourth-order valence-corrected chi connectivity index (χ4v) is 4.73. The summed E-state index contributed by atoms with van der Waals surface area (Å²) in [6, 6.07) is 8.47. The van der Waals surface area contributed by atoms with E-state index in [4.69, 9.17) is 11.2 Å². The van der Waals surface area contributed by atoms with Crippen LogP contribution >= 0.6 is 11.3 Å². The van der Waals surface area contributed by atoms with Crippen molar-refractivity contribution in [3.05, 3.63) is 56.3 Å². The molecule has 3 heteroatoms. The summed E-state index contributed by atoms with van der Waals surface area (Å²) in [6.45, 7) is 8.41. The molecule has 1 aromatic heterocycles. The molecule has 0 bridgehead atoms. The maximum atomic E-state index is 12.0. The topological polar surface area (TPSA) is 26.3 Å². The summed E-state index contributed by atoms with van der Waals surface area (Å²) < 4.78 is 4.91. The van der Waals surface area contributed by atoms with Gasteiger partial charge in [-0.2, -0.15) is 0 Å². The van der Waals surface area contributed by atoms with Crippen LogP contribution < -0.4 is 0 Å². The number of carbonyl (C=O) groups is 1. The fraction of sp³-hybridized carbons (Fsp3) is 0.381. The molecule has 24 heavy (non-hydrogen) atoms. The van der Waals surface area contributed by atoms with Crippen molar-refractivity contribution in [1.82, 2.24) is 0 Å². The first-order chi connectivity index (χ1) is 11.4. The molecule has 2 aromatic rings. The molecule has 0 aliphatic heterocycles. The van der Waals surface area contributed by atoms with Crippen molar-refractivity contribution in [2.75, 3.05) is 7.11 Å². The number of rotatable bonds is 5. The summed E-state index contributed by atoms with van der Waals surface area (Å²) in [4.78, 5) is 13.9. The molecule has 0 saturated carbocycles. The second kappa shape index (κ2) is 7.23. The molecule has 126 valence electrons. The predicted molar refractivity (Wildman–Crippen MR) is 101 cm³/mol. The third-order valence-electron chi connectivity index (χ3n) is 4.90. The van der Waals surface area contributed by atoms with Gasteiger partial charge in [-0.15, -0.1) is 17.8 Å². The Bertz CT molecular complexity index is 789. The van der Waals surface area contributed by atoms with Gasteiger partial charge >= 0.3 is 5.97 Å². The number of ether oxygens (including phenoxy) is 1. The molecule has 0 radical (unpaired) electrons. The molecule has 2 nitrogen and oxygen atoms in total. The number of methoxy groups -OCH3 is 1. The van der Waals surface area contributed by atoms with Crippen LogP contribution in [-0.2, 0) is 10.2 Å². The smallest absolute Gasteiger partial charge is 0.348 e. The van der Waals surface area contributed by atoms with Crippen molar-refractivity contribution in [3.8, 4) is 12.3 Å². The summed E-state index contributed by atoms with van der Waals surface area (Å²) in [7, 11) is 1.43. The lowest BCUT2D eigenvalue weighted by atomic mass is 9.74. The van der Waals surface area contributed by atoms with E-state index in [1.54, 1.807) is 11.3 Å². The van der Waals surface area contributed by atoms with Crippen LogP contribution in [0.2, 0.25) is 0 Å². The summed E-state index contributed by atoms with van der Waals surface area (Å²) >= 11 is 1.54. The Morgan fingerprint density at radius 1 is 1.21 bits per heavy atom. The molecule has 0 aliphatic rings. The Balaban J connectivity index is 2.62. The third kappa shape index (κ3) is 2.99. The molecule has 0 saturated heterocycles. The monoisotopic (exact) mass is 340 g/mol. The Labute approximate surface area is 148 Å². The van der Waals surface area contributed by atoms with Crippen LogP contribution in [0.3, 0.4) is 0 Å². The quantitative estimate of drug-likeness (QED) is 0.550. The normalized spacial score (nSPS) is 11.2. The highest BCUT2D eigenvalue weighted by molar-refractivity contribution is 7.14. The van der Waals surface area contributed by atoms with Gasteiger partial charge in [0.1, 0.15) is 4.88 Å². The van der Waals surface area contributed by atoms with E-state index in [0.717, 1.165) is 29.5 Å². The van der Waals surface area contributed by atoms with Gasteiger partial charge in [-0.3, -0.25) is 0 Å². The highest BCUT2D eigenvalue weighted by Gasteiger charge is 2.34. The number of hydrogen-bond donors (Lipinski definition) is 0. The van der Waals surface area contributed by atoms with Crippen molar-refractivity contribution in [2.24, 2.45) is 0 Å². The van der Waals surface area contributed by atoms with Crippen LogP contribution in [0.25, 0.3) is 0 Å². The molecular formula is C21H24O2S. The minimum atomic E-state index is -0.260. The minimum Gasteiger partial charge on any atom is -0.465 e. The number of terminal acetylenes is 1. The van der Waals surface area contributed by atoms with Crippen LogP contribution in [0.5, 0.6) is 0 Å². The fourth-order valence-electron chi connectivity index (χ4n) is 3.29. The van der Waals surface area contributed by atoms with Gasteiger partial charge in [0.2, 0.25) is 0 Å². The first-order valence-corrected chi connectivity index (χ1v) is 9.02. The van der Waals surface area contributed by atoms with E-state index in [9.17, 15) is 4.79 Å². The molecule has 0 fully saturated rings. The number of thiophene rings is 1. The lowest BCUT2D eigenvalue weighted by Gasteiger charge is -2.32. The van der Waals surface area contributed by atoms with E-state index in [1.165, 1.54) is 17.6 Å². The number of benzene rings is 1. The van der Waals surface area contributed by atoms with Gasteiger partial charge in [0, 0.05) is 15.9 Å². The predicted octanol–water partition coefficient (Wildman–Crippen LogP) is 5.24. The molecule has 0 atom stereocenters. The van der Waals surface area contributed by atoms with Crippen molar-refractivity contribution in [2.45, 2.75) is 46.0 Å². The molecule has 2 rings (SSSR count). The number of esters is 1. The molecule has 0 amide bonds. The van der Waals surface area contributed by atoms with Gasteiger partial charge < -0.3 is 4.74 Å². The summed E-state index contributed by atoms with van der Waals surface area (Å²) in [5.41, 5.74) is 4.16. The minimum absolute atomic E-state index is 0.112. The highest BCUT2D eigenvalue weighted by Crippen LogP contribution is 2.43. The lowest BCUT2D eigenvalue weighted by molar-refractivity contribution is 0.0605. The summed E-state index contributed by atoms with van der Waals surface area (Å²) in [5.74, 6) is 2.47. The molecular weight excluding hydrogens is 316 g/mol. The average molecular weight is 340 g/mol. The standard InChI is InChI=1S/C21H24O2S/c1-7-16-10-11-17(12-14(16)4)21(8-2,9-3)18-13-15(5)19(24-18)20(22)23-6/h1,10-13H,8-9H2,2-6H3. The first-order valence-electron chi connectivity index (χ1n) is 8.20. The largest absolute Gasteiger partial charge is 0.465 e. The Morgan fingerprint density at radius 2 is 1.88 bits per heavy atom. The van der Waals surface area contributed by atoms with E-state index >= 15 is 0 Å². The van der Waals surface area contributed by atoms with Crippen LogP contribution in [0.1, 0.15) is 63.5 Å². The number of hydrogen-bond acceptors (Lipinski definition) is 3. The van der Waals surface area contributed by atoms with E-state index in [2.05, 4.69) is 38.0 Å². The maximum Gasteiger partial charge on any atom is 0.348 e. The molecule has 1 heterocycles. The van der Waals surface area contributed by atoms with Crippen LogP contribution in [0, 0.1) is 26.2 Å². The first kappa shape index (κ1) is 18.3. The van der Waals surface area contributed by atoms with Crippen LogP contribution in [0.4, 0.5) is 0 Å². The van der Waals surface area contributed by atoms with Gasteiger partial charge in [0.25, 0.3) is 0 Å². The molecule has 0 spiro atoms. The zero-order valence-corrected chi connectivity index (χ0v) is 15.8. The van der Waals surface area contributed by atoms with E-state index < -0.39 is 0 Å². The number of carbonyl (C=O) groups excluding carboxylic acids is 1. The molecule has 0 N–H and O–H groups in total. The Hall–Kier alpha value is -2.05. The molecule has 0 aliphatic carbocycles. The average Bonchev–Trinajstić information content (AvgIpc) is 2.98.